The van der Waals surface area contributed by atoms with E-state index < -0.39 is 0 Å². The van der Waals surface area contributed by atoms with Gasteiger partial charge in [-0.3, -0.25) is 0 Å². The molecule has 17 heavy (non-hydrogen) atoms. The zero-order chi connectivity index (χ0) is 12.3. The first kappa shape index (κ1) is 12.6. The number of imidazole rings is 1. The highest BCUT2D eigenvalue weighted by Gasteiger charge is 2.30. The van der Waals surface area contributed by atoms with Crippen LogP contribution in [0.15, 0.2) is 12.5 Å². The topological polar surface area (TPSA) is 39.1 Å². The summed E-state index contributed by atoms with van der Waals surface area (Å²) in [5, 5.41) is 3.51. The molecular formula is C13H23N3O. The number of hydrogen-bond acceptors (Lipinski definition) is 3. The standard InChI is InChI=1S/C13H23N3O/c1-10(2)13-11(4-5-17-13)6-14-7-12-8-15-9-16(12)3/h8-11,13-14H,4-7H2,1-3H3/t11-,13-/m1/s1. The second kappa shape index (κ2) is 5.65. The maximum absolute atomic E-state index is 5.78. The number of ether oxygens (including phenoxy) is 1. The highest BCUT2D eigenvalue weighted by molar-refractivity contribution is 4.96. The maximum Gasteiger partial charge on any atom is 0.0945 e. The Labute approximate surface area is 103 Å². The largest absolute Gasteiger partial charge is 0.378 e. The Balaban J connectivity index is 1.77. The third-order valence-electron chi connectivity index (χ3n) is 3.55. The monoisotopic (exact) mass is 237 g/mol. The van der Waals surface area contributed by atoms with E-state index in [1.165, 1.54) is 12.1 Å². The Morgan fingerprint density at radius 2 is 2.41 bits per heavy atom. The van der Waals surface area contributed by atoms with E-state index in [4.69, 9.17) is 4.74 Å². The predicted molar refractivity (Wildman–Crippen MR) is 67.6 cm³/mol. The molecule has 1 aromatic heterocycles. The van der Waals surface area contributed by atoms with Gasteiger partial charge in [-0.2, -0.15) is 0 Å². The lowest BCUT2D eigenvalue weighted by molar-refractivity contribution is 0.0539. The van der Waals surface area contributed by atoms with Gasteiger partial charge >= 0.3 is 0 Å². The van der Waals surface area contributed by atoms with Crippen LogP contribution in [-0.4, -0.2) is 28.8 Å². The van der Waals surface area contributed by atoms with Crippen LogP contribution in [0, 0.1) is 11.8 Å². The summed E-state index contributed by atoms with van der Waals surface area (Å²) >= 11 is 0. The van der Waals surface area contributed by atoms with E-state index in [0.29, 0.717) is 17.9 Å². The minimum absolute atomic E-state index is 0.425. The van der Waals surface area contributed by atoms with Crippen LogP contribution in [-0.2, 0) is 18.3 Å². The maximum atomic E-state index is 5.78. The molecule has 0 saturated carbocycles. The van der Waals surface area contributed by atoms with Gasteiger partial charge < -0.3 is 14.6 Å². The van der Waals surface area contributed by atoms with E-state index in [2.05, 4.69) is 28.7 Å². The first-order chi connectivity index (χ1) is 8.18. The van der Waals surface area contributed by atoms with Gasteiger partial charge in [0, 0.05) is 32.9 Å². The molecule has 0 aliphatic carbocycles. The van der Waals surface area contributed by atoms with Crippen molar-refractivity contribution < 1.29 is 4.74 Å². The molecule has 2 atom stereocenters. The van der Waals surface area contributed by atoms with Crippen molar-refractivity contribution >= 4 is 0 Å². The molecule has 0 bridgehead atoms. The van der Waals surface area contributed by atoms with Crippen molar-refractivity contribution in [3.8, 4) is 0 Å². The van der Waals surface area contributed by atoms with Crippen molar-refractivity contribution in [1.82, 2.24) is 14.9 Å². The fourth-order valence-electron chi connectivity index (χ4n) is 2.55. The molecule has 4 nitrogen and oxygen atoms in total. The number of aryl methyl sites for hydroxylation is 1. The Kier molecular flexibility index (Phi) is 4.18. The number of hydrogen-bond donors (Lipinski definition) is 1. The first-order valence-corrected chi connectivity index (χ1v) is 6.46. The fourth-order valence-corrected chi connectivity index (χ4v) is 2.55. The molecule has 0 radical (unpaired) electrons. The van der Waals surface area contributed by atoms with Crippen LogP contribution in [0.1, 0.15) is 26.0 Å². The molecule has 0 unspecified atom stereocenters. The van der Waals surface area contributed by atoms with Crippen LogP contribution in [0.4, 0.5) is 0 Å². The van der Waals surface area contributed by atoms with Gasteiger partial charge in [-0.15, -0.1) is 0 Å². The Morgan fingerprint density at radius 3 is 3.06 bits per heavy atom. The first-order valence-electron chi connectivity index (χ1n) is 6.46. The number of aromatic nitrogens is 2. The third kappa shape index (κ3) is 3.07. The van der Waals surface area contributed by atoms with Gasteiger partial charge in [0.25, 0.3) is 0 Å². The highest BCUT2D eigenvalue weighted by atomic mass is 16.5. The molecule has 0 amide bonds. The van der Waals surface area contributed by atoms with Crippen LogP contribution in [0.2, 0.25) is 0 Å². The molecule has 1 aliphatic rings. The van der Waals surface area contributed by atoms with Crippen molar-refractivity contribution in [2.45, 2.75) is 32.9 Å². The molecule has 0 spiro atoms. The lowest BCUT2D eigenvalue weighted by atomic mass is 9.93. The summed E-state index contributed by atoms with van der Waals surface area (Å²) in [4.78, 5) is 4.11. The molecule has 4 heteroatoms. The summed E-state index contributed by atoms with van der Waals surface area (Å²) in [5.41, 5.74) is 1.23. The van der Waals surface area contributed by atoms with E-state index in [0.717, 1.165) is 19.7 Å². The highest BCUT2D eigenvalue weighted by Crippen LogP contribution is 2.26. The molecule has 1 aromatic rings. The summed E-state index contributed by atoms with van der Waals surface area (Å²) in [6, 6.07) is 0. The lowest BCUT2D eigenvalue weighted by Gasteiger charge is -2.22. The van der Waals surface area contributed by atoms with Crippen molar-refractivity contribution in [2.24, 2.45) is 18.9 Å². The van der Waals surface area contributed by atoms with Crippen LogP contribution >= 0.6 is 0 Å². The molecule has 1 saturated heterocycles. The van der Waals surface area contributed by atoms with Gasteiger partial charge in [0.15, 0.2) is 0 Å². The number of nitrogens with zero attached hydrogens (tertiary/aromatic N) is 2. The molecule has 1 fully saturated rings. The van der Waals surface area contributed by atoms with Crippen LogP contribution in [0.5, 0.6) is 0 Å². The van der Waals surface area contributed by atoms with E-state index >= 15 is 0 Å². The van der Waals surface area contributed by atoms with Crippen LogP contribution < -0.4 is 5.32 Å². The van der Waals surface area contributed by atoms with E-state index in [1.54, 1.807) is 0 Å². The van der Waals surface area contributed by atoms with E-state index in [9.17, 15) is 0 Å². The minimum atomic E-state index is 0.425. The van der Waals surface area contributed by atoms with Gasteiger partial charge in [0.1, 0.15) is 0 Å². The Hall–Kier alpha value is -0.870. The van der Waals surface area contributed by atoms with E-state index in [-0.39, 0.29) is 0 Å². The molecular weight excluding hydrogens is 214 g/mol. The zero-order valence-corrected chi connectivity index (χ0v) is 11.0. The zero-order valence-electron chi connectivity index (χ0n) is 11.0. The Bertz CT molecular complexity index is 348. The van der Waals surface area contributed by atoms with Gasteiger partial charge in [0.2, 0.25) is 0 Å². The molecule has 1 aliphatic heterocycles. The van der Waals surface area contributed by atoms with Crippen molar-refractivity contribution in [1.29, 1.82) is 0 Å². The molecule has 2 rings (SSSR count). The average Bonchev–Trinajstić information content (AvgIpc) is 2.88. The number of nitrogens with one attached hydrogen (secondary N) is 1. The van der Waals surface area contributed by atoms with E-state index in [1.807, 2.05) is 19.6 Å². The summed E-state index contributed by atoms with van der Waals surface area (Å²) in [7, 11) is 2.03. The second-order valence-electron chi connectivity index (χ2n) is 5.25. The van der Waals surface area contributed by atoms with Gasteiger partial charge in [-0.25, -0.2) is 4.98 Å². The fraction of sp³-hybridized carbons (Fsp3) is 0.769. The van der Waals surface area contributed by atoms with Crippen molar-refractivity contribution in [2.75, 3.05) is 13.2 Å². The molecule has 1 N–H and O–H groups in total. The molecule has 96 valence electrons. The summed E-state index contributed by atoms with van der Waals surface area (Å²) in [5.74, 6) is 1.27. The van der Waals surface area contributed by atoms with Crippen LogP contribution in [0.3, 0.4) is 0 Å². The second-order valence-corrected chi connectivity index (χ2v) is 5.25. The predicted octanol–water partition coefficient (Wildman–Crippen LogP) is 1.57. The molecule has 2 heterocycles. The van der Waals surface area contributed by atoms with Crippen molar-refractivity contribution in [3.05, 3.63) is 18.2 Å². The summed E-state index contributed by atoms with van der Waals surface area (Å²) < 4.78 is 7.83. The smallest absolute Gasteiger partial charge is 0.0945 e. The number of rotatable bonds is 5. The van der Waals surface area contributed by atoms with Gasteiger partial charge in [-0.05, 0) is 18.3 Å². The Morgan fingerprint density at radius 1 is 1.59 bits per heavy atom. The SMILES string of the molecule is CC(C)[C@H]1OCC[C@@H]1CNCc1cncn1C. The lowest BCUT2D eigenvalue weighted by Crippen LogP contribution is -2.31. The average molecular weight is 237 g/mol. The van der Waals surface area contributed by atoms with Gasteiger partial charge in [-0.1, -0.05) is 13.8 Å². The summed E-state index contributed by atoms with van der Waals surface area (Å²) in [6.45, 7) is 7.32. The molecule has 0 aromatic carbocycles. The minimum Gasteiger partial charge on any atom is -0.378 e. The third-order valence-corrected chi connectivity index (χ3v) is 3.55. The van der Waals surface area contributed by atoms with Crippen molar-refractivity contribution in [3.63, 3.8) is 0 Å². The quantitative estimate of drug-likeness (QED) is 0.845. The van der Waals surface area contributed by atoms with Gasteiger partial charge in [0.05, 0.1) is 18.1 Å². The summed E-state index contributed by atoms with van der Waals surface area (Å²) in [6.07, 6.45) is 5.36. The normalized spacial score (nSPS) is 24.7. The van der Waals surface area contributed by atoms with Crippen LogP contribution in [0.25, 0.3) is 0 Å².